The second kappa shape index (κ2) is 9.43. The molecule has 170 valence electrons. The zero-order valence-corrected chi connectivity index (χ0v) is 22.4. The van der Waals surface area contributed by atoms with Crippen molar-refractivity contribution in [1.82, 2.24) is 9.29 Å². The maximum Gasteiger partial charge on any atom is 0.260 e. The van der Waals surface area contributed by atoms with Crippen molar-refractivity contribution in [2.75, 3.05) is 11.9 Å². The number of alkyl halides is 1. The van der Waals surface area contributed by atoms with Gasteiger partial charge in [-0.1, -0.05) is 67.0 Å². The molecular weight excluding hydrogens is 492 g/mol. The van der Waals surface area contributed by atoms with Crippen molar-refractivity contribution in [3.63, 3.8) is 0 Å². The first kappa shape index (κ1) is 24.6. The Hall–Kier alpha value is -1.06. The van der Waals surface area contributed by atoms with Crippen molar-refractivity contribution >= 4 is 34.3 Å². The number of halogens is 1. The van der Waals surface area contributed by atoms with E-state index in [2.05, 4.69) is 66.9 Å². The van der Waals surface area contributed by atoms with Crippen LogP contribution < -0.4 is 0 Å². The van der Waals surface area contributed by atoms with Crippen LogP contribution in [0.3, 0.4) is 0 Å². The summed E-state index contributed by atoms with van der Waals surface area (Å²) in [5.74, 6) is 0.184. The van der Waals surface area contributed by atoms with E-state index in [9.17, 15) is 8.42 Å². The lowest BCUT2D eigenvalue weighted by Gasteiger charge is -2.36. The number of benzene rings is 1. The molecule has 0 aliphatic carbocycles. The van der Waals surface area contributed by atoms with Crippen LogP contribution >= 0.6 is 15.9 Å². The second-order valence-electron chi connectivity index (χ2n) is 9.78. The fourth-order valence-corrected chi connectivity index (χ4v) is 7.00. The molecule has 2 atom stereocenters. The minimum atomic E-state index is -3.70. The second-order valence-corrected chi connectivity index (χ2v) is 17.1. The number of hydrogen-bond acceptors (Lipinski definition) is 4. The van der Waals surface area contributed by atoms with Gasteiger partial charge in [0.25, 0.3) is 10.0 Å². The van der Waals surface area contributed by atoms with E-state index in [-0.39, 0.29) is 22.0 Å². The van der Waals surface area contributed by atoms with Crippen LogP contribution in [0.2, 0.25) is 18.1 Å². The molecule has 31 heavy (non-hydrogen) atoms. The van der Waals surface area contributed by atoms with Gasteiger partial charge in [-0.05, 0) is 53.7 Å². The maximum atomic E-state index is 13.5. The molecule has 1 aromatic heterocycles. The number of sulfonamides is 1. The number of rotatable bonds is 7. The molecule has 0 unspecified atom stereocenters. The van der Waals surface area contributed by atoms with Gasteiger partial charge in [0.15, 0.2) is 13.3 Å². The topological polar surface area (TPSA) is 59.5 Å². The predicted molar refractivity (Wildman–Crippen MR) is 131 cm³/mol. The molecule has 2 aromatic rings. The highest BCUT2D eigenvalue weighted by molar-refractivity contribution is 9.09. The Balaban J connectivity index is 1.81. The zero-order chi connectivity index (χ0) is 22.9. The lowest BCUT2D eigenvalue weighted by Crippen LogP contribution is -2.40. The minimum Gasteiger partial charge on any atom is -0.413 e. The molecule has 1 aliphatic rings. The van der Waals surface area contributed by atoms with E-state index in [4.69, 9.17) is 4.43 Å². The summed E-state index contributed by atoms with van der Waals surface area (Å²) >= 11 is 3.52. The van der Waals surface area contributed by atoms with Crippen LogP contribution in [-0.2, 0) is 21.1 Å². The Bertz CT molecular complexity index is 993. The van der Waals surface area contributed by atoms with E-state index in [1.807, 2.05) is 24.3 Å². The largest absolute Gasteiger partial charge is 0.413 e. The molecule has 0 amide bonds. The van der Waals surface area contributed by atoms with Gasteiger partial charge in [-0.15, -0.1) is 0 Å². The molecule has 1 aliphatic heterocycles. The zero-order valence-electron chi connectivity index (χ0n) is 19.0. The van der Waals surface area contributed by atoms with Gasteiger partial charge in [-0.2, -0.15) is 4.31 Å². The van der Waals surface area contributed by atoms with Crippen molar-refractivity contribution in [3.05, 3.63) is 59.8 Å². The fourth-order valence-electron chi connectivity index (χ4n) is 3.57. The van der Waals surface area contributed by atoms with E-state index >= 15 is 0 Å². The van der Waals surface area contributed by atoms with Gasteiger partial charge in [0.05, 0.1) is 6.61 Å². The standard InChI is InChI=1S/C23H33BrN2O3SSi/c1-23(2,3)31(4,5)29-17-18-11-12-25-22(13-18)30(27,28)26-16-20(14-21(26)15-24)19-9-7-6-8-10-19/h6-13,20-21H,14-17H2,1-5H3/t20-,21+/m0/s1. The summed E-state index contributed by atoms with van der Waals surface area (Å²) in [7, 11) is -5.62. The van der Waals surface area contributed by atoms with Gasteiger partial charge in [0, 0.05) is 24.1 Å². The van der Waals surface area contributed by atoms with E-state index < -0.39 is 18.3 Å². The molecule has 8 heteroatoms. The summed E-state index contributed by atoms with van der Waals surface area (Å²) in [5, 5.41) is 0.799. The first-order valence-electron chi connectivity index (χ1n) is 10.7. The van der Waals surface area contributed by atoms with Crippen LogP contribution in [0.5, 0.6) is 0 Å². The molecule has 0 spiro atoms. The average molecular weight is 526 g/mol. The van der Waals surface area contributed by atoms with Crippen LogP contribution in [0.1, 0.15) is 44.2 Å². The Morgan fingerprint density at radius 2 is 1.87 bits per heavy atom. The lowest BCUT2D eigenvalue weighted by atomic mass is 9.97. The highest BCUT2D eigenvalue weighted by atomic mass is 79.9. The third-order valence-corrected chi connectivity index (χ3v) is 13.6. The Labute approximate surface area is 196 Å². The molecule has 0 radical (unpaired) electrons. The summed E-state index contributed by atoms with van der Waals surface area (Å²) in [6.45, 7) is 11.8. The highest BCUT2D eigenvalue weighted by Crippen LogP contribution is 2.38. The molecule has 0 bridgehead atoms. The third kappa shape index (κ3) is 5.47. The van der Waals surface area contributed by atoms with Crippen LogP contribution in [0.4, 0.5) is 0 Å². The summed E-state index contributed by atoms with van der Waals surface area (Å²) < 4.78 is 34.9. The molecule has 0 N–H and O–H groups in total. The van der Waals surface area contributed by atoms with Crippen molar-refractivity contribution in [3.8, 4) is 0 Å². The average Bonchev–Trinajstić information content (AvgIpc) is 3.18. The fraction of sp³-hybridized carbons (Fsp3) is 0.522. The molecular formula is C23H33BrN2O3SSi. The van der Waals surface area contributed by atoms with Gasteiger partial charge in [0.2, 0.25) is 0 Å². The monoisotopic (exact) mass is 524 g/mol. The molecule has 5 nitrogen and oxygen atoms in total. The van der Waals surface area contributed by atoms with Crippen molar-refractivity contribution in [1.29, 1.82) is 0 Å². The van der Waals surface area contributed by atoms with Crippen LogP contribution in [0.15, 0.2) is 53.7 Å². The minimum absolute atomic E-state index is 0.0934. The third-order valence-electron chi connectivity index (χ3n) is 6.59. The number of aromatic nitrogens is 1. The van der Waals surface area contributed by atoms with Gasteiger partial charge in [0.1, 0.15) is 0 Å². The van der Waals surface area contributed by atoms with Crippen LogP contribution in [0.25, 0.3) is 0 Å². The normalized spacial score (nSPS) is 20.8. The van der Waals surface area contributed by atoms with Gasteiger partial charge < -0.3 is 4.43 Å². The molecule has 3 rings (SSSR count). The summed E-state index contributed by atoms with van der Waals surface area (Å²) in [5.41, 5.74) is 2.02. The number of nitrogens with zero attached hydrogens (tertiary/aromatic N) is 2. The molecule has 1 aromatic carbocycles. The van der Waals surface area contributed by atoms with E-state index in [0.717, 1.165) is 12.0 Å². The maximum absolute atomic E-state index is 13.5. The first-order chi connectivity index (χ1) is 14.5. The van der Waals surface area contributed by atoms with Crippen molar-refractivity contribution in [2.45, 2.75) is 68.9 Å². The summed E-state index contributed by atoms with van der Waals surface area (Å²) in [6.07, 6.45) is 2.37. The smallest absolute Gasteiger partial charge is 0.260 e. The van der Waals surface area contributed by atoms with E-state index in [1.54, 1.807) is 16.6 Å². The van der Waals surface area contributed by atoms with Gasteiger partial charge >= 0.3 is 0 Å². The van der Waals surface area contributed by atoms with Crippen molar-refractivity contribution < 1.29 is 12.8 Å². The quantitative estimate of drug-likeness (QED) is 0.352. The summed E-state index contributed by atoms with van der Waals surface area (Å²) in [6, 6.07) is 13.5. The van der Waals surface area contributed by atoms with E-state index in [1.165, 1.54) is 5.56 Å². The van der Waals surface area contributed by atoms with Gasteiger partial charge in [-0.3, -0.25) is 0 Å². The number of hydrogen-bond donors (Lipinski definition) is 0. The van der Waals surface area contributed by atoms with Crippen LogP contribution in [0, 0.1) is 0 Å². The molecule has 1 saturated heterocycles. The Morgan fingerprint density at radius 1 is 1.19 bits per heavy atom. The molecule has 1 fully saturated rings. The Morgan fingerprint density at radius 3 is 2.48 bits per heavy atom. The lowest BCUT2D eigenvalue weighted by molar-refractivity contribution is 0.276. The highest BCUT2D eigenvalue weighted by Gasteiger charge is 2.41. The SMILES string of the molecule is CC(C)(C)[Si](C)(C)OCc1ccnc(S(=O)(=O)N2C[C@@H](c3ccccc3)C[C@@H]2CBr)c1. The van der Waals surface area contributed by atoms with E-state index in [0.29, 0.717) is 18.5 Å². The van der Waals surface area contributed by atoms with Gasteiger partial charge in [-0.25, -0.2) is 13.4 Å². The van der Waals surface area contributed by atoms with Crippen molar-refractivity contribution in [2.24, 2.45) is 0 Å². The molecule has 2 heterocycles. The molecule has 0 saturated carbocycles. The number of pyridine rings is 1. The Kier molecular flexibility index (Phi) is 7.48. The summed E-state index contributed by atoms with van der Waals surface area (Å²) in [4.78, 5) is 4.23. The predicted octanol–water partition coefficient (Wildman–Crippen LogP) is 5.55. The van der Waals surface area contributed by atoms with Crippen LogP contribution in [-0.4, -0.2) is 43.9 Å². The first-order valence-corrected chi connectivity index (χ1v) is 16.1.